The van der Waals surface area contributed by atoms with Gasteiger partial charge in [-0.1, -0.05) is 26.0 Å². The van der Waals surface area contributed by atoms with E-state index < -0.39 is 5.97 Å². The summed E-state index contributed by atoms with van der Waals surface area (Å²) < 4.78 is 0. The summed E-state index contributed by atoms with van der Waals surface area (Å²) in [7, 11) is 0. The number of carboxylic acids is 1. The number of carboxylic acid groups (broad SMARTS) is 1. The third-order valence-corrected chi connectivity index (χ3v) is 4.68. The summed E-state index contributed by atoms with van der Waals surface area (Å²) in [5.41, 5.74) is 2.09. The van der Waals surface area contributed by atoms with Gasteiger partial charge in [-0.25, -0.2) is 0 Å². The van der Waals surface area contributed by atoms with Gasteiger partial charge < -0.3 is 10.4 Å². The number of benzene rings is 1. The van der Waals surface area contributed by atoms with Crippen molar-refractivity contribution in [2.24, 2.45) is 5.92 Å². The Morgan fingerprint density at radius 1 is 1.25 bits per heavy atom. The number of nitrogens with one attached hydrogen (secondary N) is 1. The molecule has 0 spiro atoms. The molecule has 0 radical (unpaired) electrons. The monoisotopic (exact) mass is 354 g/mol. The topological polar surface area (TPSA) is 69.6 Å². The van der Waals surface area contributed by atoms with Crippen LogP contribution in [0.4, 0.5) is 5.69 Å². The summed E-state index contributed by atoms with van der Waals surface area (Å²) in [6.07, 6.45) is 2.33. The molecule has 24 heavy (non-hydrogen) atoms. The number of carbonyl (C=O) groups excluding carboxylic acids is 1. The Labute approximate surface area is 149 Å². The van der Waals surface area contributed by atoms with Crippen LogP contribution in [-0.4, -0.2) is 41.5 Å². The third kappa shape index (κ3) is 5.80. The van der Waals surface area contributed by atoms with Crippen LogP contribution >= 0.6 is 12.4 Å². The maximum atomic E-state index is 12.1. The molecule has 0 aliphatic carbocycles. The van der Waals surface area contributed by atoms with Gasteiger partial charge in [0.15, 0.2) is 0 Å². The minimum absolute atomic E-state index is 0. The maximum Gasteiger partial charge on any atom is 0.306 e. The van der Waals surface area contributed by atoms with Gasteiger partial charge in [0.2, 0.25) is 5.91 Å². The van der Waals surface area contributed by atoms with E-state index in [1.54, 1.807) is 0 Å². The van der Waals surface area contributed by atoms with Gasteiger partial charge in [-0.05, 0) is 56.0 Å². The minimum Gasteiger partial charge on any atom is -0.481 e. The largest absolute Gasteiger partial charge is 0.481 e. The van der Waals surface area contributed by atoms with Crippen LogP contribution in [0.25, 0.3) is 0 Å². The average Bonchev–Trinajstić information content (AvgIpc) is 2.55. The molecule has 0 saturated carbocycles. The van der Waals surface area contributed by atoms with Crippen molar-refractivity contribution in [3.63, 3.8) is 0 Å². The van der Waals surface area contributed by atoms with E-state index in [0.717, 1.165) is 12.1 Å². The van der Waals surface area contributed by atoms with Gasteiger partial charge in [0, 0.05) is 5.69 Å². The SMILES string of the molecule is CCC(C)c1ccc(NC(=O)CN2CCC(C(=O)O)CC2)cc1.Cl. The molecule has 6 heteroatoms. The Bertz CT molecular complexity index is 540. The van der Waals surface area contributed by atoms with Gasteiger partial charge in [0.25, 0.3) is 0 Å². The zero-order chi connectivity index (χ0) is 16.8. The van der Waals surface area contributed by atoms with E-state index in [0.29, 0.717) is 38.4 Å². The van der Waals surface area contributed by atoms with Gasteiger partial charge >= 0.3 is 5.97 Å². The lowest BCUT2D eigenvalue weighted by Crippen LogP contribution is -2.40. The predicted molar refractivity (Wildman–Crippen MR) is 97.8 cm³/mol. The Morgan fingerprint density at radius 3 is 2.33 bits per heavy atom. The van der Waals surface area contributed by atoms with Gasteiger partial charge in [-0.2, -0.15) is 0 Å². The quantitative estimate of drug-likeness (QED) is 0.821. The first kappa shape index (κ1) is 20.5. The second kappa shape index (κ2) is 9.64. The lowest BCUT2D eigenvalue weighted by atomic mass is 9.97. The molecule has 2 rings (SSSR count). The van der Waals surface area contributed by atoms with Crippen LogP contribution in [0.3, 0.4) is 0 Å². The van der Waals surface area contributed by atoms with Crippen molar-refractivity contribution in [1.82, 2.24) is 4.90 Å². The number of likely N-dealkylation sites (tertiary alicyclic amines) is 1. The fourth-order valence-corrected chi connectivity index (χ4v) is 2.87. The molecule has 0 aromatic heterocycles. The van der Waals surface area contributed by atoms with E-state index in [-0.39, 0.29) is 24.2 Å². The summed E-state index contributed by atoms with van der Waals surface area (Å²) in [6, 6.07) is 8.00. The van der Waals surface area contributed by atoms with E-state index in [2.05, 4.69) is 31.3 Å². The van der Waals surface area contributed by atoms with E-state index in [1.807, 2.05) is 17.0 Å². The van der Waals surface area contributed by atoms with Gasteiger partial charge in [0.1, 0.15) is 0 Å². The van der Waals surface area contributed by atoms with Crippen molar-refractivity contribution < 1.29 is 14.7 Å². The molecule has 1 aliphatic rings. The van der Waals surface area contributed by atoms with E-state index >= 15 is 0 Å². The molecule has 1 saturated heterocycles. The minimum atomic E-state index is -0.726. The standard InChI is InChI=1S/C18H26N2O3.ClH/c1-3-13(2)14-4-6-16(7-5-14)19-17(21)12-20-10-8-15(9-11-20)18(22)23;/h4-7,13,15H,3,8-12H2,1-2H3,(H,19,21)(H,22,23);1H. The number of amides is 1. The zero-order valence-electron chi connectivity index (χ0n) is 14.3. The van der Waals surface area contributed by atoms with Crippen molar-refractivity contribution in [1.29, 1.82) is 0 Å². The Morgan fingerprint density at radius 2 is 1.83 bits per heavy atom. The number of aliphatic carboxylic acids is 1. The van der Waals surface area contributed by atoms with Crippen LogP contribution in [-0.2, 0) is 9.59 Å². The Balaban J connectivity index is 0.00000288. The van der Waals surface area contributed by atoms with Crippen LogP contribution in [0.2, 0.25) is 0 Å². The molecule has 1 unspecified atom stereocenters. The summed E-state index contributed by atoms with van der Waals surface area (Å²) in [5.74, 6) is -0.511. The molecule has 1 fully saturated rings. The number of piperidine rings is 1. The smallest absolute Gasteiger partial charge is 0.306 e. The normalized spacial score (nSPS) is 16.9. The van der Waals surface area contributed by atoms with Crippen LogP contribution in [0, 0.1) is 5.92 Å². The lowest BCUT2D eigenvalue weighted by molar-refractivity contribution is -0.143. The van der Waals surface area contributed by atoms with Crippen molar-refractivity contribution in [3.05, 3.63) is 29.8 Å². The fourth-order valence-electron chi connectivity index (χ4n) is 2.87. The molecular weight excluding hydrogens is 328 g/mol. The van der Waals surface area contributed by atoms with E-state index in [9.17, 15) is 9.59 Å². The van der Waals surface area contributed by atoms with Crippen LogP contribution in [0.15, 0.2) is 24.3 Å². The van der Waals surface area contributed by atoms with Gasteiger partial charge in [-0.3, -0.25) is 14.5 Å². The number of hydrogen-bond acceptors (Lipinski definition) is 3. The molecule has 1 atom stereocenters. The zero-order valence-corrected chi connectivity index (χ0v) is 15.1. The molecule has 2 N–H and O–H groups in total. The van der Waals surface area contributed by atoms with Crippen molar-refractivity contribution in [3.8, 4) is 0 Å². The van der Waals surface area contributed by atoms with Gasteiger partial charge in [0.05, 0.1) is 12.5 Å². The number of carbonyl (C=O) groups is 2. The molecule has 1 heterocycles. The highest BCUT2D eigenvalue weighted by atomic mass is 35.5. The summed E-state index contributed by atoms with van der Waals surface area (Å²) in [5, 5.41) is 11.9. The Kier molecular flexibility index (Phi) is 8.22. The average molecular weight is 355 g/mol. The summed E-state index contributed by atoms with van der Waals surface area (Å²) >= 11 is 0. The highest BCUT2D eigenvalue weighted by Gasteiger charge is 2.25. The number of nitrogens with zero attached hydrogens (tertiary/aromatic N) is 1. The highest BCUT2D eigenvalue weighted by molar-refractivity contribution is 5.92. The second-order valence-corrected chi connectivity index (χ2v) is 6.37. The number of rotatable bonds is 6. The van der Waals surface area contributed by atoms with Crippen LogP contribution < -0.4 is 5.32 Å². The molecule has 0 bridgehead atoms. The van der Waals surface area contributed by atoms with E-state index in [1.165, 1.54) is 5.56 Å². The van der Waals surface area contributed by atoms with Crippen LogP contribution in [0.1, 0.15) is 44.6 Å². The van der Waals surface area contributed by atoms with Crippen molar-refractivity contribution in [2.75, 3.05) is 25.0 Å². The molecular formula is C18H27ClN2O3. The second-order valence-electron chi connectivity index (χ2n) is 6.37. The summed E-state index contributed by atoms with van der Waals surface area (Å²) in [4.78, 5) is 25.0. The maximum absolute atomic E-state index is 12.1. The first-order valence-electron chi connectivity index (χ1n) is 8.34. The van der Waals surface area contributed by atoms with E-state index in [4.69, 9.17) is 5.11 Å². The molecule has 134 valence electrons. The molecule has 1 aromatic carbocycles. The number of hydrogen-bond donors (Lipinski definition) is 2. The highest BCUT2D eigenvalue weighted by Crippen LogP contribution is 2.21. The number of halogens is 1. The fraction of sp³-hybridized carbons (Fsp3) is 0.556. The van der Waals surface area contributed by atoms with Crippen LogP contribution in [0.5, 0.6) is 0 Å². The van der Waals surface area contributed by atoms with Gasteiger partial charge in [-0.15, -0.1) is 12.4 Å². The molecule has 1 amide bonds. The third-order valence-electron chi connectivity index (χ3n) is 4.68. The predicted octanol–water partition coefficient (Wildman–Crippen LogP) is 3.36. The molecule has 5 nitrogen and oxygen atoms in total. The first-order valence-corrected chi connectivity index (χ1v) is 8.34. The summed E-state index contributed by atoms with van der Waals surface area (Å²) in [6.45, 7) is 6.00. The van der Waals surface area contributed by atoms with Crippen molar-refractivity contribution in [2.45, 2.75) is 39.0 Å². The molecule has 1 aromatic rings. The first-order chi connectivity index (χ1) is 11.0. The lowest BCUT2D eigenvalue weighted by Gasteiger charge is -2.29. The van der Waals surface area contributed by atoms with Crippen molar-refractivity contribution >= 4 is 30.0 Å². The number of anilines is 1. The Hall–Kier alpha value is -1.59. The molecule has 1 aliphatic heterocycles.